The van der Waals surface area contributed by atoms with Crippen LogP contribution in [0.25, 0.3) is 0 Å². The molecule has 0 N–H and O–H groups in total. The minimum atomic E-state index is 0. The summed E-state index contributed by atoms with van der Waals surface area (Å²) < 4.78 is 1.03. The van der Waals surface area contributed by atoms with E-state index in [0.717, 1.165) is 10.9 Å². The molecule has 9 heavy (non-hydrogen) atoms. The summed E-state index contributed by atoms with van der Waals surface area (Å²) in [4.78, 5) is 0. The van der Waals surface area contributed by atoms with Crippen molar-refractivity contribution < 1.29 is 21.5 Å². The number of hydrogen-bond donors (Lipinski definition) is 0. The van der Waals surface area contributed by atoms with Gasteiger partial charge in [0.2, 0.25) is 0 Å². The van der Waals surface area contributed by atoms with Gasteiger partial charge in [-0.15, -0.1) is 6.58 Å². The molecule has 0 aliphatic heterocycles. The van der Waals surface area contributed by atoms with Gasteiger partial charge in [0.25, 0.3) is 0 Å². The first-order valence-corrected chi connectivity index (χ1v) is 2.97. The zero-order valence-electron chi connectivity index (χ0n) is 6.52. The van der Waals surface area contributed by atoms with E-state index in [1.54, 1.807) is 0 Å². The van der Waals surface area contributed by atoms with Gasteiger partial charge in [-0.3, -0.25) is 0 Å². The van der Waals surface area contributed by atoms with Gasteiger partial charge in [-0.1, -0.05) is 6.08 Å². The summed E-state index contributed by atoms with van der Waals surface area (Å²) in [6, 6.07) is 0. The van der Waals surface area contributed by atoms with Gasteiger partial charge in [0.1, 0.15) is 0 Å². The van der Waals surface area contributed by atoms with E-state index in [1.165, 1.54) is 6.54 Å². The number of quaternary nitrogens is 1. The maximum Gasteiger partial charge on any atom is 0.0815 e. The molecule has 0 atom stereocenters. The summed E-state index contributed by atoms with van der Waals surface area (Å²) >= 11 is 0. The molecule has 0 aliphatic carbocycles. The summed E-state index contributed by atoms with van der Waals surface area (Å²) in [6.45, 7) is 4.84. The predicted molar refractivity (Wildman–Crippen MR) is 37.7 cm³/mol. The lowest BCUT2D eigenvalue weighted by Gasteiger charge is -2.22. The van der Waals surface area contributed by atoms with Crippen LogP contribution in [0.15, 0.2) is 12.7 Å². The van der Waals surface area contributed by atoms with Crippen LogP contribution in [0.3, 0.4) is 0 Å². The molecule has 0 aromatic rings. The molecule has 56 valence electrons. The van der Waals surface area contributed by atoms with Crippen LogP contribution in [-0.2, 0) is 0 Å². The van der Waals surface area contributed by atoms with Gasteiger partial charge in [-0.25, -0.2) is 0 Å². The molecular weight excluding hydrogens is 178 g/mol. The molecule has 0 saturated carbocycles. The Hall–Kier alpha value is 0.180. The van der Waals surface area contributed by atoms with Gasteiger partial charge in [0.05, 0.1) is 27.7 Å². The van der Waals surface area contributed by atoms with E-state index in [9.17, 15) is 0 Å². The van der Waals surface area contributed by atoms with E-state index < -0.39 is 0 Å². The topological polar surface area (TPSA) is 0 Å². The minimum Gasteiger partial charge on any atom is -1.00 e. The average Bonchev–Trinajstić information content (AvgIpc) is 1.59. The lowest BCUT2D eigenvalue weighted by molar-refractivity contribution is -0.869. The Labute approximate surface area is 68.7 Å². The molecule has 0 fully saturated rings. The largest absolute Gasteiger partial charge is 1.00 e. The van der Waals surface area contributed by atoms with Gasteiger partial charge < -0.3 is 21.5 Å². The quantitative estimate of drug-likeness (QED) is 0.370. The summed E-state index contributed by atoms with van der Waals surface area (Å²) in [6.07, 6.45) is 3.08. The van der Waals surface area contributed by atoms with Gasteiger partial charge in [-0.2, -0.15) is 0 Å². The maximum atomic E-state index is 3.65. The monoisotopic (exact) mass is 193 g/mol. The highest BCUT2D eigenvalue weighted by Crippen LogP contribution is 1.92. The molecule has 0 unspecified atom stereocenters. The fourth-order valence-electron chi connectivity index (χ4n) is 0.479. The highest BCUT2D eigenvalue weighted by atomic mass is 79.9. The molecule has 0 bridgehead atoms. The molecular formula is C7H16BrN. The van der Waals surface area contributed by atoms with E-state index in [2.05, 4.69) is 27.7 Å². The normalized spacial score (nSPS) is 10.1. The first kappa shape index (κ1) is 11.9. The fourth-order valence-corrected chi connectivity index (χ4v) is 0.479. The van der Waals surface area contributed by atoms with Gasteiger partial charge in [0, 0.05) is 6.42 Å². The standard InChI is InChI=1S/C7H16N.BrH/c1-5-6-7-8(2,3)4;/h5H,1,6-7H2,2-4H3;1H/q+1;/p-1. The third-order valence-corrected chi connectivity index (χ3v) is 1.00. The van der Waals surface area contributed by atoms with Crippen molar-refractivity contribution in [2.75, 3.05) is 27.7 Å². The second kappa shape index (κ2) is 5.00. The van der Waals surface area contributed by atoms with Crippen LogP contribution in [0.4, 0.5) is 0 Å². The Morgan fingerprint density at radius 1 is 1.33 bits per heavy atom. The van der Waals surface area contributed by atoms with Crippen molar-refractivity contribution in [1.82, 2.24) is 0 Å². The number of halogens is 1. The molecule has 1 nitrogen and oxygen atoms in total. The van der Waals surface area contributed by atoms with Gasteiger partial charge >= 0.3 is 0 Å². The van der Waals surface area contributed by atoms with Crippen molar-refractivity contribution in [3.05, 3.63) is 12.7 Å². The van der Waals surface area contributed by atoms with Crippen LogP contribution in [0.2, 0.25) is 0 Å². The fraction of sp³-hybridized carbons (Fsp3) is 0.714. The molecule has 0 aliphatic rings. The smallest absolute Gasteiger partial charge is 0.0815 e. The van der Waals surface area contributed by atoms with Gasteiger partial charge in [-0.05, 0) is 0 Å². The number of hydrogen-bond acceptors (Lipinski definition) is 0. The summed E-state index contributed by atoms with van der Waals surface area (Å²) in [5.74, 6) is 0. The summed E-state index contributed by atoms with van der Waals surface area (Å²) in [5, 5.41) is 0. The Morgan fingerprint density at radius 2 is 1.78 bits per heavy atom. The molecule has 0 rings (SSSR count). The van der Waals surface area contributed by atoms with Crippen molar-refractivity contribution >= 4 is 0 Å². The van der Waals surface area contributed by atoms with Crippen molar-refractivity contribution in [2.24, 2.45) is 0 Å². The van der Waals surface area contributed by atoms with Crippen LogP contribution in [0.5, 0.6) is 0 Å². The molecule has 2 heteroatoms. The van der Waals surface area contributed by atoms with Crippen LogP contribution in [-0.4, -0.2) is 32.2 Å². The molecule has 0 saturated heterocycles. The second-order valence-electron chi connectivity index (χ2n) is 3.09. The zero-order valence-corrected chi connectivity index (χ0v) is 8.11. The van der Waals surface area contributed by atoms with E-state index in [4.69, 9.17) is 0 Å². The number of nitrogens with zero attached hydrogens (tertiary/aromatic N) is 1. The highest BCUT2D eigenvalue weighted by molar-refractivity contribution is 4.64. The third kappa shape index (κ3) is 11.6. The second-order valence-corrected chi connectivity index (χ2v) is 3.09. The lowest BCUT2D eigenvalue weighted by Crippen LogP contribution is -3.00. The first-order valence-electron chi connectivity index (χ1n) is 2.97. The van der Waals surface area contributed by atoms with E-state index in [1.807, 2.05) is 6.08 Å². The molecule has 0 radical (unpaired) electrons. The average molecular weight is 194 g/mol. The summed E-state index contributed by atoms with van der Waals surface area (Å²) in [5.41, 5.74) is 0. The Morgan fingerprint density at radius 3 is 1.89 bits per heavy atom. The van der Waals surface area contributed by atoms with Crippen molar-refractivity contribution in [3.8, 4) is 0 Å². The SMILES string of the molecule is C=CCC[N+](C)(C)C.[Br-]. The zero-order chi connectivity index (χ0) is 6.62. The maximum absolute atomic E-state index is 3.65. The minimum absolute atomic E-state index is 0. The molecule has 0 aromatic carbocycles. The first-order chi connectivity index (χ1) is 3.56. The van der Waals surface area contributed by atoms with Crippen LogP contribution in [0.1, 0.15) is 6.42 Å². The predicted octanol–water partition coefficient (Wildman–Crippen LogP) is -1.73. The van der Waals surface area contributed by atoms with Crippen molar-refractivity contribution in [2.45, 2.75) is 6.42 Å². The van der Waals surface area contributed by atoms with E-state index >= 15 is 0 Å². The van der Waals surface area contributed by atoms with E-state index in [-0.39, 0.29) is 17.0 Å². The Balaban J connectivity index is 0. The third-order valence-electron chi connectivity index (χ3n) is 1.00. The van der Waals surface area contributed by atoms with Crippen LogP contribution < -0.4 is 17.0 Å². The molecule has 0 heterocycles. The van der Waals surface area contributed by atoms with Crippen molar-refractivity contribution in [3.63, 3.8) is 0 Å². The summed E-state index contributed by atoms with van der Waals surface area (Å²) in [7, 11) is 6.55. The Kier molecular flexibility index (Phi) is 6.62. The Bertz CT molecular complexity index is 73.5. The molecule has 0 aromatic heterocycles. The van der Waals surface area contributed by atoms with Gasteiger partial charge in [0.15, 0.2) is 0 Å². The van der Waals surface area contributed by atoms with Crippen LogP contribution >= 0.6 is 0 Å². The molecule has 0 amide bonds. The van der Waals surface area contributed by atoms with E-state index in [0.29, 0.717) is 0 Å². The van der Waals surface area contributed by atoms with Crippen molar-refractivity contribution in [1.29, 1.82) is 0 Å². The van der Waals surface area contributed by atoms with Crippen LogP contribution in [0, 0.1) is 0 Å². The lowest BCUT2D eigenvalue weighted by atomic mass is 10.4. The highest BCUT2D eigenvalue weighted by Gasteiger charge is 2.02. The molecule has 0 spiro atoms. The number of rotatable bonds is 3.